The Bertz CT molecular complexity index is 1460. The molecule has 0 saturated carbocycles. The summed E-state index contributed by atoms with van der Waals surface area (Å²) in [7, 11) is -4.15. The number of hydrogen-bond acceptors (Lipinski definition) is 4. The van der Waals surface area contributed by atoms with Gasteiger partial charge in [-0.25, -0.2) is 8.42 Å². The summed E-state index contributed by atoms with van der Waals surface area (Å²) < 4.78 is 29.8. The third-order valence-corrected chi connectivity index (χ3v) is 8.91. The molecule has 0 aliphatic carbocycles. The molecule has 10 heteroatoms. The number of anilines is 1. The van der Waals surface area contributed by atoms with E-state index in [-0.39, 0.29) is 23.3 Å². The van der Waals surface area contributed by atoms with E-state index in [2.05, 4.69) is 21.2 Å². The van der Waals surface area contributed by atoms with Crippen LogP contribution in [0.5, 0.6) is 0 Å². The maximum absolute atomic E-state index is 14.0. The van der Waals surface area contributed by atoms with E-state index in [0.29, 0.717) is 22.8 Å². The highest BCUT2D eigenvalue weighted by Gasteiger charge is 2.33. The zero-order valence-electron chi connectivity index (χ0n) is 23.3. The lowest BCUT2D eigenvalue weighted by Gasteiger charge is -2.32. The molecule has 0 heterocycles. The van der Waals surface area contributed by atoms with Crippen LogP contribution < -0.4 is 9.62 Å². The summed E-state index contributed by atoms with van der Waals surface area (Å²) >= 11 is 9.62. The number of carbonyl (C=O) groups is 2. The van der Waals surface area contributed by atoms with Crippen LogP contribution >= 0.6 is 27.5 Å². The Kier molecular flexibility index (Phi) is 10.8. The number of rotatable bonds is 11. The minimum Gasteiger partial charge on any atom is -0.354 e. The molecule has 0 spiro atoms. The number of sulfonamides is 1. The van der Waals surface area contributed by atoms with E-state index in [1.54, 1.807) is 44.2 Å². The molecular weight excluding hydrogens is 614 g/mol. The lowest BCUT2D eigenvalue weighted by molar-refractivity contribution is -0.139. The second kappa shape index (κ2) is 13.7. The molecule has 0 radical (unpaired) electrons. The van der Waals surface area contributed by atoms with E-state index in [1.165, 1.54) is 17.0 Å². The van der Waals surface area contributed by atoms with Crippen molar-refractivity contribution in [3.8, 4) is 0 Å². The molecule has 7 nitrogen and oxygen atoms in total. The molecule has 0 saturated heterocycles. The Balaban J connectivity index is 2.05. The van der Waals surface area contributed by atoms with Crippen molar-refractivity contribution in [3.63, 3.8) is 0 Å². The SMILES string of the molecule is Cc1ccc(S(=O)(=O)N(CC(=O)N(Cc2cccc(Br)c2)[C@@H](C)C(=O)NCC(C)C)c2ccc(Cl)cc2C)cc1. The van der Waals surface area contributed by atoms with Crippen LogP contribution in [-0.2, 0) is 26.2 Å². The molecule has 0 aliphatic rings. The van der Waals surface area contributed by atoms with Crippen LogP contribution in [0.4, 0.5) is 5.69 Å². The largest absolute Gasteiger partial charge is 0.354 e. The maximum atomic E-state index is 14.0. The van der Waals surface area contributed by atoms with Gasteiger partial charge in [0.15, 0.2) is 0 Å². The Hall–Kier alpha value is -2.88. The monoisotopic (exact) mass is 647 g/mol. The Morgan fingerprint density at radius 3 is 2.25 bits per heavy atom. The minimum absolute atomic E-state index is 0.0570. The highest BCUT2D eigenvalue weighted by Crippen LogP contribution is 2.29. The Morgan fingerprint density at radius 1 is 0.975 bits per heavy atom. The molecule has 0 aliphatic heterocycles. The summed E-state index contributed by atoms with van der Waals surface area (Å²) in [6.45, 7) is 9.30. The zero-order valence-corrected chi connectivity index (χ0v) is 26.5. The molecule has 1 atom stereocenters. The number of benzene rings is 3. The molecular formula is C30H35BrClN3O4S. The molecule has 3 aromatic carbocycles. The van der Waals surface area contributed by atoms with Gasteiger partial charge in [0, 0.05) is 22.6 Å². The van der Waals surface area contributed by atoms with Crippen LogP contribution in [0.2, 0.25) is 5.02 Å². The fraction of sp³-hybridized carbons (Fsp3) is 0.333. The number of hydrogen-bond donors (Lipinski definition) is 1. The quantitative estimate of drug-likeness (QED) is 0.272. The van der Waals surface area contributed by atoms with E-state index in [9.17, 15) is 18.0 Å². The van der Waals surface area contributed by atoms with Crippen LogP contribution in [0.15, 0.2) is 76.1 Å². The van der Waals surface area contributed by atoms with Gasteiger partial charge in [0.2, 0.25) is 11.8 Å². The number of halogens is 2. The summed E-state index contributed by atoms with van der Waals surface area (Å²) in [5.74, 6) is -0.599. The van der Waals surface area contributed by atoms with Gasteiger partial charge in [-0.05, 0) is 80.3 Å². The number of aryl methyl sites for hydroxylation is 2. The normalized spacial score (nSPS) is 12.2. The van der Waals surface area contributed by atoms with Crippen molar-refractivity contribution in [1.29, 1.82) is 0 Å². The summed E-state index contributed by atoms with van der Waals surface area (Å²) in [4.78, 5) is 28.6. The van der Waals surface area contributed by atoms with Crippen molar-refractivity contribution in [2.45, 2.75) is 52.1 Å². The van der Waals surface area contributed by atoms with Crippen molar-refractivity contribution in [2.24, 2.45) is 5.92 Å². The Morgan fingerprint density at radius 2 is 1.65 bits per heavy atom. The summed E-state index contributed by atoms with van der Waals surface area (Å²) in [5.41, 5.74) is 2.63. The van der Waals surface area contributed by atoms with Crippen molar-refractivity contribution in [2.75, 3.05) is 17.4 Å². The van der Waals surface area contributed by atoms with Gasteiger partial charge in [0.1, 0.15) is 12.6 Å². The van der Waals surface area contributed by atoms with Gasteiger partial charge in [-0.2, -0.15) is 0 Å². The molecule has 2 amide bonds. The molecule has 214 valence electrons. The van der Waals surface area contributed by atoms with E-state index < -0.39 is 28.5 Å². The lowest BCUT2D eigenvalue weighted by Crippen LogP contribution is -2.51. The fourth-order valence-electron chi connectivity index (χ4n) is 4.12. The smallest absolute Gasteiger partial charge is 0.264 e. The average Bonchev–Trinajstić information content (AvgIpc) is 2.89. The van der Waals surface area contributed by atoms with Crippen molar-refractivity contribution in [3.05, 3.63) is 92.9 Å². The number of amides is 2. The van der Waals surface area contributed by atoms with Gasteiger partial charge in [-0.15, -0.1) is 0 Å². The molecule has 0 aromatic heterocycles. The molecule has 1 N–H and O–H groups in total. The van der Waals surface area contributed by atoms with Gasteiger partial charge in [0.25, 0.3) is 10.0 Å². The number of nitrogens with one attached hydrogen (secondary N) is 1. The molecule has 3 aromatic rings. The van der Waals surface area contributed by atoms with Crippen LogP contribution in [0, 0.1) is 19.8 Å². The molecule has 0 bridgehead atoms. The van der Waals surface area contributed by atoms with Gasteiger partial charge < -0.3 is 10.2 Å². The van der Waals surface area contributed by atoms with E-state index in [1.807, 2.05) is 45.0 Å². The summed E-state index contributed by atoms with van der Waals surface area (Å²) in [5, 5.41) is 3.34. The highest BCUT2D eigenvalue weighted by atomic mass is 79.9. The first-order chi connectivity index (χ1) is 18.8. The molecule has 0 unspecified atom stereocenters. The van der Waals surface area contributed by atoms with Gasteiger partial charge in [-0.3, -0.25) is 13.9 Å². The molecule has 0 fully saturated rings. The fourth-order valence-corrected chi connectivity index (χ4v) is 6.27. The predicted molar refractivity (Wildman–Crippen MR) is 164 cm³/mol. The standard InChI is InChI=1S/C30H35BrClN3O4S/c1-20(2)17-33-30(37)23(5)34(18-24-7-6-8-25(31)16-24)29(36)19-35(28-14-11-26(32)15-22(28)4)40(38,39)27-12-9-21(3)10-13-27/h6-16,20,23H,17-19H2,1-5H3,(H,33,37)/t23-/m0/s1. The van der Waals surface area contributed by atoms with E-state index in [4.69, 9.17) is 11.6 Å². The van der Waals surface area contributed by atoms with Crippen LogP contribution in [0.25, 0.3) is 0 Å². The third kappa shape index (κ3) is 8.08. The first-order valence-electron chi connectivity index (χ1n) is 13.0. The first kappa shape index (κ1) is 31.6. The van der Waals surface area contributed by atoms with Gasteiger partial charge in [0.05, 0.1) is 10.6 Å². The van der Waals surface area contributed by atoms with Gasteiger partial charge in [-0.1, -0.05) is 71.2 Å². The summed E-state index contributed by atoms with van der Waals surface area (Å²) in [6.07, 6.45) is 0. The number of nitrogens with zero attached hydrogens (tertiary/aromatic N) is 2. The lowest BCUT2D eigenvalue weighted by atomic mass is 10.1. The van der Waals surface area contributed by atoms with Crippen molar-refractivity contribution in [1.82, 2.24) is 10.2 Å². The van der Waals surface area contributed by atoms with E-state index in [0.717, 1.165) is 19.9 Å². The highest BCUT2D eigenvalue weighted by molar-refractivity contribution is 9.10. The van der Waals surface area contributed by atoms with Crippen LogP contribution in [-0.4, -0.2) is 44.3 Å². The minimum atomic E-state index is -4.15. The topological polar surface area (TPSA) is 86.8 Å². The summed E-state index contributed by atoms with van der Waals surface area (Å²) in [6, 6.07) is 17.9. The molecule has 3 rings (SSSR count). The second-order valence-corrected chi connectivity index (χ2v) is 13.4. The van der Waals surface area contributed by atoms with Gasteiger partial charge >= 0.3 is 0 Å². The third-order valence-electron chi connectivity index (χ3n) is 6.41. The zero-order chi connectivity index (χ0) is 29.6. The van der Waals surface area contributed by atoms with E-state index >= 15 is 0 Å². The number of carbonyl (C=O) groups excluding carboxylic acids is 2. The predicted octanol–water partition coefficient (Wildman–Crippen LogP) is 6.10. The maximum Gasteiger partial charge on any atom is 0.264 e. The van der Waals surface area contributed by atoms with Crippen molar-refractivity contribution < 1.29 is 18.0 Å². The van der Waals surface area contributed by atoms with Crippen LogP contribution in [0.3, 0.4) is 0 Å². The first-order valence-corrected chi connectivity index (χ1v) is 15.6. The van der Waals surface area contributed by atoms with Crippen molar-refractivity contribution >= 4 is 55.1 Å². The Labute approximate surface area is 250 Å². The second-order valence-electron chi connectivity index (χ2n) is 10.2. The van der Waals surface area contributed by atoms with Crippen LogP contribution in [0.1, 0.15) is 37.5 Å². The average molecular weight is 649 g/mol. The molecule has 40 heavy (non-hydrogen) atoms.